The lowest BCUT2D eigenvalue weighted by molar-refractivity contribution is 1.31. The summed E-state index contributed by atoms with van der Waals surface area (Å²) in [5, 5.41) is 1.97. The SMILES string of the molecule is Nc1cncc(-c2cscn2)c1. The van der Waals surface area contributed by atoms with Gasteiger partial charge in [-0.05, 0) is 6.07 Å². The van der Waals surface area contributed by atoms with Crippen LogP contribution < -0.4 is 5.73 Å². The first kappa shape index (κ1) is 7.24. The van der Waals surface area contributed by atoms with Gasteiger partial charge in [-0.3, -0.25) is 4.98 Å². The van der Waals surface area contributed by atoms with Crippen molar-refractivity contribution >= 4 is 17.0 Å². The highest BCUT2D eigenvalue weighted by Crippen LogP contribution is 2.19. The van der Waals surface area contributed by atoms with Gasteiger partial charge in [0.25, 0.3) is 0 Å². The zero-order valence-electron chi connectivity index (χ0n) is 6.27. The number of rotatable bonds is 1. The summed E-state index contributed by atoms with van der Waals surface area (Å²) in [5.74, 6) is 0. The Morgan fingerprint density at radius 2 is 2.25 bits per heavy atom. The molecule has 0 aliphatic carbocycles. The molecule has 0 radical (unpaired) electrons. The largest absolute Gasteiger partial charge is 0.397 e. The fourth-order valence-corrected chi connectivity index (χ4v) is 1.51. The molecule has 4 heteroatoms. The lowest BCUT2D eigenvalue weighted by atomic mass is 10.2. The van der Waals surface area contributed by atoms with Crippen LogP contribution in [0.2, 0.25) is 0 Å². The van der Waals surface area contributed by atoms with Crippen LogP contribution in [0.15, 0.2) is 29.4 Å². The van der Waals surface area contributed by atoms with E-state index in [1.54, 1.807) is 29.2 Å². The van der Waals surface area contributed by atoms with Gasteiger partial charge in [0.05, 0.1) is 16.9 Å². The maximum atomic E-state index is 5.58. The predicted octanol–water partition coefficient (Wildman–Crippen LogP) is 1.79. The van der Waals surface area contributed by atoms with Crippen molar-refractivity contribution in [1.29, 1.82) is 0 Å². The number of nitrogens with zero attached hydrogens (tertiary/aromatic N) is 2. The van der Waals surface area contributed by atoms with Gasteiger partial charge in [0.15, 0.2) is 0 Å². The van der Waals surface area contributed by atoms with Gasteiger partial charge in [0, 0.05) is 23.3 Å². The first-order chi connectivity index (χ1) is 5.86. The Kier molecular flexibility index (Phi) is 1.75. The maximum absolute atomic E-state index is 5.58. The summed E-state index contributed by atoms with van der Waals surface area (Å²) in [5.41, 5.74) is 9.93. The molecule has 3 nitrogen and oxygen atoms in total. The van der Waals surface area contributed by atoms with Crippen molar-refractivity contribution in [2.75, 3.05) is 5.73 Å². The summed E-state index contributed by atoms with van der Waals surface area (Å²) >= 11 is 1.56. The van der Waals surface area contributed by atoms with Crippen LogP contribution in [-0.4, -0.2) is 9.97 Å². The van der Waals surface area contributed by atoms with Crippen LogP contribution in [0.5, 0.6) is 0 Å². The molecule has 2 N–H and O–H groups in total. The van der Waals surface area contributed by atoms with E-state index in [-0.39, 0.29) is 0 Å². The molecular weight excluding hydrogens is 170 g/mol. The fraction of sp³-hybridized carbons (Fsp3) is 0. The van der Waals surface area contributed by atoms with Crippen molar-refractivity contribution in [3.8, 4) is 11.3 Å². The lowest BCUT2D eigenvalue weighted by Crippen LogP contribution is -1.87. The molecule has 0 aliphatic heterocycles. The Morgan fingerprint density at radius 1 is 1.33 bits per heavy atom. The van der Waals surface area contributed by atoms with Crippen molar-refractivity contribution in [2.24, 2.45) is 0 Å². The molecule has 0 aliphatic rings. The van der Waals surface area contributed by atoms with Crippen molar-refractivity contribution in [1.82, 2.24) is 9.97 Å². The van der Waals surface area contributed by atoms with Gasteiger partial charge >= 0.3 is 0 Å². The fourth-order valence-electron chi connectivity index (χ4n) is 0.953. The van der Waals surface area contributed by atoms with Gasteiger partial charge in [-0.1, -0.05) is 0 Å². The van der Waals surface area contributed by atoms with Crippen LogP contribution in [-0.2, 0) is 0 Å². The zero-order chi connectivity index (χ0) is 8.39. The second-order valence-corrected chi connectivity index (χ2v) is 3.10. The third kappa shape index (κ3) is 1.29. The minimum atomic E-state index is 0.667. The number of aromatic nitrogens is 2. The average Bonchev–Trinajstić information content (AvgIpc) is 2.56. The van der Waals surface area contributed by atoms with E-state index in [0.29, 0.717) is 5.69 Å². The summed E-state index contributed by atoms with van der Waals surface area (Å²) in [6.07, 6.45) is 3.38. The molecule has 2 aromatic heterocycles. The molecule has 0 aromatic carbocycles. The Balaban J connectivity index is 2.48. The molecule has 2 rings (SSSR count). The topological polar surface area (TPSA) is 51.8 Å². The Labute approximate surface area is 73.9 Å². The van der Waals surface area contributed by atoms with E-state index in [1.165, 1.54) is 0 Å². The quantitative estimate of drug-likeness (QED) is 0.722. The third-order valence-corrected chi connectivity index (χ3v) is 2.07. The normalized spacial score (nSPS) is 10.0. The molecule has 0 saturated heterocycles. The first-order valence-corrected chi connectivity index (χ1v) is 4.39. The molecule has 60 valence electrons. The standard InChI is InChI=1S/C8H7N3S/c9-7-1-6(2-10-3-7)8-4-12-5-11-8/h1-5H,9H2. The summed E-state index contributed by atoms with van der Waals surface area (Å²) in [6.45, 7) is 0. The van der Waals surface area contributed by atoms with E-state index in [9.17, 15) is 0 Å². The van der Waals surface area contributed by atoms with Crippen LogP contribution in [0.3, 0.4) is 0 Å². The summed E-state index contributed by atoms with van der Waals surface area (Å²) < 4.78 is 0. The second kappa shape index (κ2) is 2.91. The molecule has 0 unspecified atom stereocenters. The molecule has 0 saturated carbocycles. The molecule has 0 atom stereocenters. The highest BCUT2D eigenvalue weighted by atomic mass is 32.1. The van der Waals surface area contributed by atoms with Gasteiger partial charge in [0.1, 0.15) is 0 Å². The van der Waals surface area contributed by atoms with Crippen LogP contribution in [0.4, 0.5) is 5.69 Å². The van der Waals surface area contributed by atoms with Crippen molar-refractivity contribution in [3.63, 3.8) is 0 Å². The molecule has 12 heavy (non-hydrogen) atoms. The molecule has 2 heterocycles. The smallest absolute Gasteiger partial charge is 0.0827 e. The summed E-state index contributed by atoms with van der Waals surface area (Å²) in [4.78, 5) is 8.13. The van der Waals surface area contributed by atoms with Crippen molar-refractivity contribution in [3.05, 3.63) is 29.4 Å². The minimum Gasteiger partial charge on any atom is -0.397 e. The van der Waals surface area contributed by atoms with E-state index in [0.717, 1.165) is 11.3 Å². The number of hydrogen-bond acceptors (Lipinski definition) is 4. The summed E-state index contributed by atoms with van der Waals surface area (Å²) in [7, 11) is 0. The monoisotopic (exact) mass is 177 g/mol. The maximum Gasteiger partial charge on any atom is 0.0827 e. The molecule has 0 amide bonds. The predicted molar refractivity (Wildman–Crippen MR) is 49.8 cm³/mol. The van der Waals surface area contributed by atoms with Gasteiger partial charge in [-0.2, -0.15) is 0 Å². The molecular formula is C8H7N3S. The lowest BCUT2D eigenvalue weighted by Gasteiger charge is -1.95. The minimum absolute atomic E-state index is 0.667. The van der Waals surface area contributed by atoms with Crippen LogP contribution >= 0.6 is 11.3 Å². The molecule has 0 fully saturated rings. The number of anilines is 1. The number of nitrogens with two attached hydrogens (primary N) is 1. The van der Waals surface area contributed by atoms with E-state index in [2.05, 4.69) is 9.97 Å². The average molecular weight is 177 g/mol. The van der Waals surface area contributed by atoms with Crippen molar-refractivity contribution in [2.45, 2.75) is 0 Å². The third-order valence-electron chi connectivity index (χ3n) is 1.49. The van der Waals surface area contributed by atoms with E-state index < -0.39 is 0 Å². The Hall–Kier alpha value is -1.42. The van der Waals surface area contributed by atoms with Gasteiger partial charge in [-0.25, -0.2) is 4.98 Å². The number of thiazole rings is 1. The van der Waals surface area contributed by atoms with Gasteiger partial charge < -0.3 is 5.73 Å². The molecule has 0 bridgehead atoms. The van der Waals surface area contributed by atoms with E-state index in [4.69, 9.17) is 5.73 Å². The van der Waals surface area contributed by atoms with Crippen LogP contribution in [0, 0.1) is 0 Å². The molecule has 0 spiro atoms. The van der Waals surface area contributed by atoms with Gasteiger partial charge in [-0.15, -0.1) is 11.3 Å². The first-order valence-electron chi connectivity index (χ1n) is 3.45. The number of nitrogen functional groups attached to an aromatic ring is 1. The number of hydrogen-bond donors (Lipinski definition) is 1. The summed E-state index contributed by atoms with van der Waals surface area (Å²) in [6, 6.07) is 1.86. The Morgan fingerprint density at radius 3 is 2.92 bits per heavy atom. The van der Waals surface area contributed by atoms with Crippen LogP contribution in [0.25, 0.3) is 11.3 Å². The van der Waals surface area contributed by atoms with Crippen molar-refractivity contribution < 1.29 is 0 Å². The number of pyridine rings is 1. The van der Waals surface area contributed by atoms with E-state index in [1.807, 2.05) is 11.4 Å². The highest BCUT2D eigenvalue weighted by Gasteiger charge is 1.98. The molecule has 2 aromatic rings. The van der Waals surface area contributed by atoms with Gasteiger partial charge in [0.2, 0.25) is 0 Å². The highest BCUT2D eigenvalue weighted by molar-refractivity contribution is 7.07. The second-order valence-electron chi connectivity index (χ2n) is 2.38. The Bertz CT molecular complexity index is 370. The van der Waals surface area contributed by atoms with E-state index >= 15 is 0 Å². The van der Waals surface area contributed by atoms with Crippen LogP contribution in [0.1, 0.15) is 0 Å². The zero-order valence-corrected chi connectivity index (χ0v) is 7.08.